The Morgan fingerprint density at radius 2 is 1.72 bits per heavy atom. The molecule has 0 fully saturated rings. The zero-order chi connectivity index (χ0) is 25.8. The summed E-state index contributed by atoms with van der Waals surface area (Å²) in [5, 5.41) is 14.0. The number of carbonyl (C=O) groups is 2. The Labute approximate surface area is 205 Å². The number of carbonyl (C=O) groups excluding carboxylic acids is 2. The number of aryl methyl sites for hydroxylation is 2. The summed E-state index contributed by atoms with van der Waals surface area (Å²) >= 11 is 0. The summed E-state index contributed by atoms with van der Waals surface area (Å²) < 4.78 is 7.01. The van der Waals surface area contributed by atoms with Gasteiger partial charge in [-0.25, -0.2) is 9.59 Å². The molecule has 1 atom stereocenters. The van der Waals surface area contributed by atoms with Crippen LogP contribution in [0.3, 0.4) is 0 Å². The van der Waals surface area contributed by atoms with Gasteiger partial charge in [0.15, 0.2) is 0 Å². The summed E-state index contributed by atoms with van der Waals surface area (Å²) in [5.41, 5.74) is 1.87. The van der Waals surface area contributed by atoms with Gasteiger partial charge in [0.2, 0.25) is 6.10 Å². The number of esters is 1. The van der Waals surface area contributed by atoms with E-state index in [1.165, 1.54) is 28.8 Å². The number of nitrogens with zero attached hydrogens (tertiary/aromatic N) is 2. The van der Waals surface area contributed by atoms with E-state index in [4.69, 9.17) is 4.74 Å². The third-order valence-electron chi connectivity index (χ3n) is 5.49. The highest BCUT2D eigenvalue weighted by molar-refractivity contribution is 5.99. The topological polar surface area (TPSA) is 136 Å². The first-order valence-corrected chi connectivity index (χ1v) is 10.9. The number of aromatic nitrogens is 2. The van der Waals surface area contributed by atoms with Crippen LogP contribution in [0.1, 0.15) is 33.3 Å². The summed E-state index contributed by atoms with van der Waals surface area (Å²) in [7, 11) is 0. The number of aromatic amines is 1. The minimum Gasteiger partial charge on any atom is -0.444 e. The summed E-state index contributed by atoms with van der Waals surface area (Å²) in [6, 6.07) is 18.9. The molecule has 0 aliphatic heterocycles. The molecule has 2 N–H and O–H groups in total. The number of amides is 1. The number of H-pyrrole nitrogens is 1. The molecular weight excluding hydrogens is 464 g/mol. The lowest BCUT2D eigenvalue weighted by Crippen LogP contribution is -2.26. The highest BCUT2D eigenvalue weighted by atomic mass is 16.6. The minimum atomic E-state index is -1.37. The Hall–Kier alpha value is -4.99. The van der Waals surface area contributed by atoms with Crippen LogP contribution in [-0.2, 0) is 9.53 Å². The molecule has 0 aliphatic carbocycles. The second kappa shape index (κ2) is 10.1. The molecule has 1 unspecified atom stereocenters. The molecule has 0 saturated carbocycles. The van der Waals surface area contributed by atoms with E-state index < -0.39 is 22.9 Å². The first-order chi connectivity index (χ1) is 17.2. The summed E-state index contributed by atoms with van der Waals surface area (Å²) in [4.78, 5) is 51.6. The van der Waals surface area contributed by atoms with Gasteiger partial charge in [-0.15, -0.1) is 0 Å². The van der Waals surface area contributed by atoms with Gasteiger partial charge in [0, 0.05) is 23.5 Å². The maximum atomic E-state index is 13.2. The Morgan fingerprint density at radius 1 is 1.03 bits per heavy atom. The van der Waals surface area contributed by atoms with Gasteiger partial charge in [-0.3, -0.25) is 19.5 Å². The van der Waals surface area contributed by atoms with Crippen molar-refractivity contribution in [3.8, 4) is 5.69 Å². The number of hydrogen-bond acceptors (Lipinski definition) is 6. The van der Waals surface area contributed by atoms with Gasteiger partial charge in [0.05, 0.1) is 16.2 Å². The number of rotatable bonds is 7. The number of anilines is 1. The molecule has 1 aromatic heterocycles. The first kappa shape index (κ1) is 24.1. The standard InChI is InChI=1S/C26H22N4O6/c1-16-8-13-21(22(14-16)30(34)35)28-24(31)23(18-6-4-3-5-7-18)36-25(32)19-9-11-20(12-10-19)29-17(2)15-27-26(29)33/h3-15,23H,1-2H3,(H,27,33)(H,28,31). The van der Waals surface area contributed by atoms with E-state index in [1.807, 2.05) is 0 Å². The number of imidazole rings is 1. The lowest BCUT2D eigenvalue weighted by Gasteiger charge is -2.18. The van der Waals surface area contributed by atoms with Gasteiger partial charge in [0.1, 0.15) is 5.69 Å². The maximum absolute atomic E-state index is 13.2. The van der Waals surface area contributed by atoms with Crippen LogP contribution in [0.4, 0.5) is 11.4 Å². The monoisotopic (exact) mass is 486 g/mol. The largest absolute Gasteiger partial charge is 0.444 e. The van der Waals surface area contributed by atoms with Crippen molar-refractivity contribution in [1.29, 1.82) is 0 Å². The van der Waals surface area contributed by atoms with Crippen molar-refractivity contribution in [3.05, 3.63) is 122 Å². The van der Waals surface area contributed by atoms with Gasteiger partial charge >= 0.3 is 11.7 Å². The van der Waals surface area contributed by atoms with Gasteiger partial charge in [-0.05, 0) is 49.7 Å². The van der Waals surface area contributed by atoms with E-state index in [1.54, 1.807) is 68.6 Å². The number of ether oxygens (including phenoxy) is 1. The van der Waals surface area contributed by atoms with Gasteiger partial charge in [-0.1, -0.05) is 36.4 Å². The second-order valence-corrected chi connectivity index (χ2v) is 8.08. The Bertz CT molecular complexity index is 1490. The third-order valence-corrected chi connectivity index (χ3v) is 5.49. The second-order valence-electron chi connectivity index (χ2n) is 8.08. The van der Waals surface area contributed by atoms with E-state index >= 15 is 0 Å². The molecule has 0 spiro atoms. The molecule has 0 saturated heterocycles. The molecule has 0 aliphatic rings. The van der Waals surface area contributed by atoms with Crippen molar-refractivity contribution in [3.63, 3.8) is 0 Å². The molecular formula is C26H22N4O6. The fourth-order valence-corrected chi connectivity index (χ4v) is 3.70. The molecule has 0 radical (unpaired) electrons. The van der Waals surface area contributed by atoms with E-state index in [0.29, 0.717) is 22.5 Å². The molecule has 1 heterocycles. The molecule has 4 rings (SSSR count). The lowest BCUT2D eigenvalue weighted by atomic mass is 10.1. The predicted molar refractivity (Wildman–Crippen MR) is 132 cm³/mol. The van der Waals surface area contributed by atoms with Crippen molar-refractivity contribution in [1.82, 2.24) is 9.55 Å². The molecule has 0 bridgehead atoms. The smallest absolute Gasteiger partial charge is 0.339 e. The number of benzene rings is 3. The minimum absolute atomic E-state index is 0.00996. The first-order valence-electron chi connectivity index (χ1n) is 10.9. The van der Waals surface area contributed by atoms with Gasteiger partial charge in [-0.2, -0.15) is 0 Å². The van der Waals surface area contributed by atoms with Gasteiger partial charge in [0.25, 0.3) is 11.6 Å². The third kappa shape index (κ3) is 5.07. The fraction of sp³-hybridized carbons (Fsp3) is 0.115. The Morgan fingerprint density at radius 3 is 2.33 bits per heavy atom. The fourth-order valence-electron chi connectivity index (χ4n) is 3.70. The normalized spacial score (nSPS) is 11.5. The molecule has 10 heteroatoms. The van der Waals surface area contributed by atoms with Crippen LogP contribution in [-0.4, -0.2) is 26.4 Å². The Kier molecular flexibility index (Phi) is 6.77. The lowest BCUT2D eigenvalue weighted by molar-refractivity contribution is -0.384. The van der Waals surface area contributed by atoms with Crippen LogP contribution in [0.2, 0.25) is 0 Å². The quantitative estimate of drug-likeness (QED) is 0.228. The molecule has 10 nitrogen and oxygen atoms in total. The molecule has 3 aromatic carbocycles. The average Bonchev–Trinajstić information content (AvgIpc) is 3.21. The Balaban J connectivity index is 1.59. The van der Waals surface area contributed by atoms with Crippen molar-refractivity contribution >= 4 is 23.3 Å². The van der Waals surface area contributed by atoms with Crippen molar-refractivity contribution < 1.29 is 19.2 Å². The number of nitro benzene ring substituents is 1. The van der Waals surface area contributed by atoms with Crippen LogP contribution in [0.15, 0.2) is 83.8 Å². The summed E-state index contributed by atoms with van der Waals surface area (Å²) in [5.74, 6) is -1.52. The molecule has 36 heavy (non-hydrogen) atoms. The number of hydrogen-bond donors (Lipinski definition) is 2. The summed E-state index contributed by atoms with van der Waals surface area (Å²) in [6.45, 7) is 3.47. The summed E-state index contributed by atoms with van der Waals surface area (Å²) in [6.07, 6.45) is 0.209. The van der Waals surface area contributed by atoms with E-state index in [2.05, 4.69) is 10.3 Å². The predicted octanol–water partition coefficient (Wildman–Crippen LogP) is 4.23. The number of nitro groups is 1. The number of nitrogens with one attached hydrogen (secondary N) is 2. The average molecular weight is 486 g/mol. The van der Waals surface area contributed by atoms with E-state index in [-0.39, 0.29) is 22.6 Å². The van der Waals surface area contributed by atoms with Crippen LogP contribution in [0.25, 0.3) is 5.69 Å². The maximum Gasteiger partial charge on any atom is 0.339 e. The zero-order valence-corrected chi connectivity index (χ0v) is 19.4. The zero-order valence-electron chi connectivity index (χ0n) is 19.4. The highest BCUT2D eigenvalue weighted by Gasteiger charge is 2.28. The van der Waals surface area contributed by atoms with E-state index in [9.17, 15) is 24.5 Å². The molecule has 1 amide bonds. The van der Waals surface area contributed by atoms with E-state index in [0.717, 1.165) is 0 Å². The van der Waals surface area contributed by atoms with Crippen LogP contribution < -0.4 is 11.0 Å². The van der Waals surface area contributed by atoms with Crippen molar-refractivity contribution in [2.45, 2.75) is 20.0 Å². The van der Waals surface area contributed by atoms with Crippen LogP contribution >= 0.6 is 0 Å². The van der Waals surface area contributed by atoms with Crippen molar-refractivity contribution in [2.75, 3.05) is 5.32 Å². The van der Waals surface area contributed by atoms with Crippen LogP contribution in [0, 0.1) is 24.0 Å². The van der Waals surface area contributed by atoms with Gasteiger partial charge < -0.3 is 15.0 Å². The van der Waals surface area contributed by atoms with Crippen LogP contribution in [0.5, 0.6) is 0 Å². The van der Waals surface area contributed by atoms with Crippen molar-refractivity contribution in [2.24, 2.45) is 0 Å². The molecule has 182 valence electrons. The SMILES string of the molecule is Cc1ccc(NC(=O)C(OC(=O)c2ccc(-n3c(C)c[nH]c3=O)cc2)c2ccccc2)c([N+](=O)[O-])c1. The molecule has 4 aromatic rings. The highest BCUT2D eigenvalue weighted by Crippen LogP contribution is 2.28.